The molecule has 2 heterocycles. The van der Waals surface area contributed by atoms with Crippen molar-refractivity contribution in [3.63, 3.8) is 0 Å². The molecule has 4 aromatic rings. The van der Waals surface area contributed by atoms with Crippen molar-refractivity contribution in [2.75, 3.05) is 44.2 Å². The highest BCUT2D eigenvalue weighted by molar-refractivity contribution is 7.79. The minimum absolute atomic E-state index is 0.00436. The lowest BCUT2D eigenvalue weighted by Crippen LogP contribution is -2.38. The van der Waals surface area contributed by atoms with Gasteiger partial charge in [-0.3, -0.25) is 10.1 Å². The van der Waals surface area contributed by atoms with Crippen LogP contribution in [0.5, 0.6) is 11.5 Å². The second-order valence-corrected chi connectivity index (χ2v) is 11.2. The number of hydrogen-bond acceptors (Lipinski definition) is 9. The van der Waals surface area contributed by atoms with Crippen LogP contribution in [-0.4, -0.2) is 58.5 Å². The number of aromatic nitrogens is 1. The number of carbonyl (C=O) groups is 2. The maximum absolute atomic E-state index is 15.8. The zero-order chi connectivity index (χ0) is 32.2. The van der Waals surface area contributed by atoms with Crippen LogP contribution >= 0.6 is 0 Å². The van der Waals surface area contributed by atoms with Crippen molar-refractivity contribution in [3.8, 4) is 11.5 Å². The Morgan fingerprint density at radius 1 is 1.07 bits per heavy atom. The molecule has 1 aliphatic heterocycles. The van der Waals surface area contributed by atoms with E-state index in [1.807, 2.05) is 0 Å². The molecule has 0 radical (unpaired) electrons. The van der Waals surface area contributed by atoms with Crippen molar-refractivity contribution in [1.82, 2.24) is 9.88 Å². The third kappa shape index (κ3) is 6.47. The Bertz CT molecular complexity index is 1790. The Morgan fingerprint density at radius 2 is 1.80 bits per heavy atom. The molecule has 0 aliphatic carbocycles. The number of ether oxygens (including phenoxy) is 3. The van der Waals surface area contributed by atoms with E-state index in [0.29, 0.717) is 47.5 Å². The summed E-state index contributed by atoms with van der Waals surface area (Å²) in [5, 5.41) is 7.22. The van der Waals surface area contributed by atoms with Crippen molar-refractivity contribution in [3.05, 3.63) is 77.7 Å². The van der Waals surface area contributed by atoms with Crippen molar-refractivity contribution in [1.29, 1.82) is 0 Å². The first-order valence-electron chi connectivity index (χ1n) is 13.9. The third-order valence-corrected chi connectivity index (χ3v) is 8.44. The number of fused-ring (bicyclic) bond motifs is 1. The number of nitrogens with two attached hydrogens (primary N) is 1. The number of amides is 2. The number of methoxy groups -OCH3 is 3. The minimum Gasteiger partial charge on any atom is -0.493 e. The van der Waals surface area contributed by atoms with Crippen molar-refractivity contribution < 1.29 is 37.0 Å². The molecule has 0 bridgehead atoms. The van der Waals surface area contributed by atoms with E-state index >= 15 is 4.39 Å². The monoisotopic (exact) mass is 637 g/mol. The highest BCUT2D eigenvalue weighted by Gasteiger charge is 2.38. The molecule has 3 aromatic carbocycles. The Labute approximate surface area is 260 Å². The van der Waals surface area contributed by atoms with Crippen LogP contribution in [0.25, 0.3) is 10.8 Å². The summed E-state index contributed by atoms with van der Waals surface area (Å²) in [7, 11) is 4.01. The second-order valence-electron chi connectivity index (χ2n) is 10.2. The van der Waals surface area contributed by atoms with Crippen LogP contribution in [-0.2, 0) is 20.6 Å². The number of anilines is 3. The molecule has 236 valence electrons. The smallest absolute Gasteiger partial charge is 0.411 e. The zero-order valence-electron chi connectivity index (χ0n) is 24.7. The zero-order valence-corrected chi connectivity index (χ0v) is 25.5. The lowest BCUT2D eigenvalue weighted by molar-refractivity contribution is -0.133. The van der Waals surface area contributed by atoms with E-state index in [-0.39, 0.29) is 22.0 Å². The highest BCUT2D eigenvalue weighted by Crippen LogP contribution is 2.40. The summed E-state index contributed by atoms with van der Waals surface area (Å²) in [5.41, 5.74) is 7.22. The normalized spacial score (nSPS) is 15.8. The van der Waals surface area contributed by atoms with Gasteiger partial charge in [0.25, 0.3) is 0 Å². The molecular formula is C31H32FN5O7S. The van der Waals surface area contributed by atoms with Gasteiger partial charge < -0.3 is 34.7 Å². The van der Waals surface area contributed by atoms with E-state index in [1.165, 1.54) is 45.6 Å². The first kappa shape index (κ1) is 31.5. The average Bonchev–Trinajstić information content (AvgIpc) is 3.53. The molecule has 12 nitrogen and oxygen atoms in total. The van der Waals surface area contributed by atoms with E-state index in [0.717, 1.165) is 11.5 Å². The van der Waals surface area contributed by atoms with Gasteiger partial charge in [0.1, 0.15) is 17.7 Å². The molecule has 5 N–H and O–H groups in total. The summed E-state index contributed by atoms with van der Waals surface area (Å²) in [6.07, 6.45) is 1.88. The molecule has 1 fully saturated rings. The molecule has 0 saturated carbocycles. The van der Waals surface area contributed by atoms with Crippen molar-refractivity contribution >= 4 is 51.0 Å². The van der Waals surface area contributed by atoms with Crippen LogP contribution in [0, 0.1) is 5.82 Å². The summed E-state index contributed by atoms with van der Waals surface area (Å²) in [6, 6.07) is 12.1. The van der Waals surface area contributed by atoms with E-state index < -0.39 is 41.0 Å². The van der Waals surface area contributed by atoms with E-state index in [2.05, 4.69) is 20.4 Å². The molecule has 1 unspecified atom stereocenters. The predicted octanol–water partition coefficient (Wildman–Crippen LogP) is 5.25. The first-order chi connectivity index (χ1) is 21.6. The topological polar surface area (TPSA) is 165 Å². The van der Waals surface area contributed by atoms with Crippen molar-refractivity contribution in [2.24, 2.45) is 0 Å². The molecule has 1 saturated heterocycles. The first-order valence-corrected chi connectivity index (χ1v) is 15.0. The van der Waals surface area contributed by atoms with Gasteiger partial charge in [-0.1, -0.05) is 0 Å². The number of nitrogen functional groups attached to an aromatic ring is 1. The fraction of sp³-hybridized carbons (Fsp3) is 0.258. The minimum atomic E-state index is -2.40. The predicted molar refractivity (Wildman–Crippen MR) is 167 cm³/mol. The van der Waals surface area contributed by atoms with Gasteiger partial charge in [0.2, 0.25) is 5.91 Å². The highest BCUT2D eigenvalue weighted by atomic mass is 32.2. The van der Waals surface area contributed by atoms with Crippen molar-refractivity contribution in [2.45, 2.75) is 29.8 Å². The largest absolute Gasteiger partial charge is 0.493 e. The lowest BCUT2D eigenvalue weighted by Gasteiger charge is -2.31. The van der Waals surface area contributed by atoms with Gasteiger partial charge in [0.05, 0.1) is 32.3 Å². The Hall–Kier alpha value is -4.95. The van der Waals surface area contributed by atoms with Crippen LogP contribution < -0.4 is 25.8 Å². The number of hydrogen-bond donors (Lipinski definition) is 4. The van der Waals surface area contributed by atoms with Gasteiger partial charge in [0, 0.05) is 41.1 Å². The van der Waals surface area contributed by atoms with Gasteiger partial charge in [0.15, 0.2) is 22.6 Å². The molecule has 3 atom stereocenters. The molecule has 0 spiro atoms. The fourth-order valence-corrected chi connectivity index (χ4v) is 6.14. The number of halogens is 1. The summed E-state index contributed by atoms with van der Waals surface area (Å²) in [5.74, 6) is -0.464. The summed E-state index contributed by atoms with van der Waals surface area (Å²) in [6.45, 7) is 0.294. The van der Waals surface area contributed by atoms with Gasteiger partial charge >= 0.3 is 6.09 Å². The number of pyridine rings is 1. The molecule has 14 heteroatoms. The quantitative estimate of drug-likeness (QED) is 0.178. The average molecular weight is 638 g/mol. The third-order valence-electron chi connectivity index (χ3n) is 7.69. The molecule has 45 heavy (non-hydrogen) atoms. The van der Waals surface area contributed by atoms with Crippen LogP contribution in [0.4, 0.5) is 26.4 Å². The molecule has 1 aromatic heterocycles. The maximum atomic E-state index is 15.8. The molecule has 5 rings (SSSR count). The van der Waals surface area contributed by atoms with Gasteiger partial charge in [-0.05, 0) is 72.3 Å². The number of benzene rings is 3. The summed E-state index contributed by atoms with van der Waals surface area (Å²) in [4.78, 5) is 32.1. The molecular weight excluding hydrogens is 605 g/mol. The fourth-order valence-electron chi connectivity index (χ4n) is 5.56. The van der Waals surface area contributed by atoms with Crippen LogP contribution in [0.2, 0.25) is 0 Å². The van der Waals surface area contributed by atoms with Crippen LogP contribution in [0.3, 0.4) is 0 Å². The number of carbonyl (C=O) groups excluding carboxylic acids is 2. The number of likely N-dealkylation sites (tertiary alicyclic amines) is 1. The standard InChI is InChI=1S/C31H32FN5O7S/c1-42-25-15-21(23(32)16-26(25)43-2)28(35-18-6-8-20-17(13-18)10-11-34-29(20)33)30(38)37-12-4-5-24(37)22-14-19(36-31(39)44-3)7-9-27(22)45(40)41/h6-11,13-16,24,28,35H,4-5,12H2,1-3H3,(H2,33,34)(H,36,39)(H,40,41)/t24-,28+/m1/s1. The molecule has 2 amide bonds. The summed E-state index contributed by atoms with van der Waals surface area (Å²) < 4.78 is 53.6. The SMILES string of the molecule is COC(=O)Nc1ccc(S(=O)O)c([C@H]2CCCN2C(=O)[C@@H](Nc2ccc3c(N)nccc3c2)c2cc(OC)c(OC)cc2F)c1. The number of nitrogens with one attached hydrogen (secondary N) is 2. The molecule has 1 aliphatic rings. The van der Waals surface area contributed by atoms with E-state index in [4.69, 9.17) is 15.2 Å². The Balaban J connectivity index is 1.59. The van der Waals surface area contributed by atoms with Crippen LogP contribution in [0.15, 0.2) is 65.7 Å². The van der Waals surface area contributed by atoms with E-state index in [1.54, 1.807) is 35.4 Å². The van der Waals surface area contributed by atoms with Gasteiger partial charge in [-0.15, -0.1) is 0 Å². The van der Waals surface area contributed by atoms with Crippen LogP contribution in [0.1, 0.15) is 36.1 Å². The second kappa shape index (κ2) is 13.4. The summed E-state index contributed by atoms with van der Waals surface area (Å²) >= 11 is -2.40. The van der Waals surface area contributed by atoms with Gasteiger partial charge in [-0.25, -0.2) is 18.4 Å². The Morgan fingerprint density at radius 3 is 2.51 bits per heavy atom. The number of nitrogens with zero attached hydrogens (tertiary/aromatic N) is 2. The lowest BCUT2D eigenvalue weighted by atomic mass is 10.00. The van der Waals surface area contributed by atoms with Gasteiger partial charge in [-0.2, -0.15) is 0 Å². The number of rotatable bonds is 9. The van der Waals surface area contributed by atoms with E-state index in [9.17, 15) is 18.4 Å². The maximum Gasteiger partial charge on any atom is 0.411 e. The Kier molecular flexibility index (Phi) is 9.34.